The standard InChI is InChI=1S/C14H16N4O2/c19-18(20)12-3-1-2-11(8-12)13-9-16-14(17-13)10-4-6-15-7-5-10/h1-3,8-10,15H,4-7H2,(H,16,17). The molecule has 0 atom stereocenters. The average molecular weight is 272 g/mol. The van der Waals surface area contributed by atoms with Crippen LogP contribution in [0.15, 0.2) is 30.5 Å². The molecule has 1 saturated heterocycles. The van der Waals surface area contributed by atoms with E-state index in [4.69, 9.17) is 0 Å². The molecule has 1 aliphatic rings. The lowest BCUT2D eigenvalue weighted by molar-refractivity contribution is -0.384. The Morgan fingerprint density at radius 2 is 2.10 bits per heavy atom. The van der Waals surface area contributed by atoms with Gasteiger partial charge in [0, 0.05) is 23.6 Å². The lowest BCUT2D eigenvalue weighted by Crippen LogP contribution is -2.27. The van der Waals surface area contributed by atoms with Gasteiger partial charge in [0.25, 0.3) is 5.69 Å². The Balaban J connectivity index is 1.85. The minimum Gasteiger partial charge on any atom is -0.342 e. The van der Waals surface area contributed by atoms with E-state index < -0.39 is 0 Å². The number of hydrogen-bond donors (Lipinski definition) is 2. The van der Waals surface area contributed by atoms with Crippen LogP contribution in [0.3, 0.4) is 0 Å². The predicted molar refractivity (Wildman–Crippen MR) is 75.5 cm³/mol. The summed E-state index contributed by atoms with van der Waals surface area (Å²) in [5.74, 6) is 1.43. The van der Waals surface area contributed by atoms with Gasteiger partial charge in [0.1, 0.15) is 5.82 Å². The molecule has 6 heteroatoms. The van der Waals surface area contributed by atoms with Crippen molar-refractivity contribution in [2.45, 2.75) is 18.8 Å². The van der Waals surface area contributed by atoms with Crippen LogP contribution < -0.4 is 5.32 Å². The summed E-state index contributed by atoms with van der Waals surface area (Å²) in [5, 5.41) is 14.1. The number of nitro groups is 1. The molecule has 3 rings (SSSR count). The molecule has 2 heterocycles. The molecule has 104 valence electrons. The molecule has 0 aliphatic carbocycles. The molecule has 0 bridgehead atoms. The average Bonchev–Trinajstić information content (AvgIpc) is 2.98. The summed E-state index contributed by atoms with van der Waals surface area (Å²) in [5.41, 5.74) is 1.73. The first-order valence-corrected chi connectivity index (χ1v) is 6.74. The van der Waals surface area contributed by atoms with Crippen LogP contribution in [0, 0.1) is 10.1 Å². The Bertz CT molecular complexity index is 617. The van der Waals surface area contributed by atoms with Crippen LogP contribution in [-0.4, -0.2) is 28.0 Å². The number of rotatable bonds is 3. The summed E-state index contributed by atoms with van der Waals surface area (Å²) >= 11 is 0. The summed E-state index contributed by atoms with van der Waals surface area (Å²) in [7, 11) is 0. The van der Waals surface area contributed by atoms with Crippen molar-refractivity contribution in [2.75, 3.05) is 13.1 Å². The Morgan fingerprint density at radius 3 is 2.85 bits per heavy atom. The fourth-order valence-corrected chi connectivity index (χ4v) is 2.57. The Kier molecular flexibility index (Phi) is 3.47. The van der Waals surface area contributed by atoms with Gasteiger partial charge in [0.15, 0.2) is 0 Å². The first kappa shape index (κ1) is 12.8. The third kappa shape index (κ3) is 2.55. The summed E-state index contributed by atoms with van der Waals surface area (Å²) in [6.07, 6.45) is 3.90. The van der Waals surface area contributed by atoms with Gasteiger partial charge in [0.05, 0.1) is 16.8 Å². The van der Waals surface area contributed by atoms with Gasteiger partial charge in [0.2, 0.25) is 0 Å². The van der Waals surface area contributed by atoms with E-state index in [1.807, 2.05) is 6.07 Å². The zero-order valence-corrected chi connectivity index (χ0v) is 11.0. The number of piperidine rings is 1. The highest BCUT2D eigenvalue weighted by Crippen LogP contribution is 2.27. The maximum absolute atomic E-state index is 10.8. The van der Waals surface area contributed by atoms with E-state index in [1.165, 1.54) is 6.07 Å². The molecular weight excluding hydrogens is 256 g/mol. The first-order chi connectivity index (χ1) is 9.74. The van der Waals surface area contributed by atoms with Crippen molar-refractivity contribution in [2.24, 2.45) is 0 Å². The highest BCUT2D eigenvalue weighted by Gasteiger charge is 2.18. The van der Waals surface area contributed by atoms with E-state index in [1.54, 1.807) is 18.3 Å². The monoisotopic (exact) mass is 272 g/mol. The molecule has 0 radical (unpaired) electrons. The zero-order valence-electron chi connectivity index (χ0n) is 11.0. The number of nitrogens with one attached hydrogen (secondary N) is 2. The number of nitrogens with zero attached hydrogens (tertiary/aromatic N) is 2. The van der Waals surface area contributed by atoms with Gasteiger partial charge in [-0.25, -0.2) is 4.98 Å². The number of aromatic nitrogens is 2. The Hall–Kier alpha value is -2.21. The number of imidazole rings is 1. The topological polar surface area (TPSA) is 83.8 Å². The van der Waals surface area contributed by atoms with Crippen LogP contribution in [0.25, 0.3) is 11.3 Å². The van der Waals surface area contributed by atoms with Gasteiger partial charge in [-0.1, -0.05) is 12.1 Å². The summed E-state index contributed by atoms with van der Waals surface area (Å²) < 4.78 is 0. The van der Waals surface area contributed by atoms with Crippen LogP contribution >= 0.6 is 0 Å². The minimum absolute atomic E-state index is 0.0977. The second kappa shape index (κ2) is 5.42. The van der Waals surface area contributed by atoms with E-state index in [9.17, 15) is 10.1 Å². The van der Waals surface area contributed by atoms with Crippen molar-refractivity contribution < 1.29 is 4.92 Å². The predicted octanol–water partition coefficient (Wildman–Crippen LogP) is 2.45. The normalized spacial score (nSPS) is 16.2. The summed E-state index contributed by atoms with van der Waals surface area (Å²) in [6, 6.07) is 6.61. The van der Waals surface area contributed by atoms with Crippen LogP contribution in [0.1, 0.15) is 24.6 Å². The van der Waals surface area contributed by atoms with Crippen LogP contribution in [0.2, 0.25) is 0 Å². The molecular formula is C14H16N4O2. The third-order valence-corrected chi connectivity index (χ3v) is 3.69. The quantitative estimate of drug-likeness (QED) is 0.664. The van der Waals surface area contributed by atoms with Gasteiger partial charge in [-0.3, -0.25) is 10.1 Å². The fraction of sp³-hybridized carbons (Fsp3) is 0.357. The van der Waals surface area contributed by atoms with Gasteiger partial charge in [-0.05, 0) is 25.9 Å². The lowest BCUT2D eigenvalue weighted by Gasteiger charge is -2.20. The van der Waals surface area contributed by atoms with Crippen molar-refractivity contribution in [3.05, 3.63) is 46.4 Å². The van der Waals surface area contributed by atoms with Crippen molar-refractivity contribution in [1.82, 2.24) is 15.3 Å². The van der Waals surface area contributed by atoms with Crippen molar-refractivity contribution in [3.8, 4) is 11.3 Å². The molecule has 2 aromatic rings. The summed E-state index contributed by atoms with van der Waals surface area (Å²) in [4.78, 5) is 18.2. The maximum Gasteiger partial charge on any atom is 0.270 e. The van der Waals surface area contributed by atoms with Gasteiger partial charge < -0.3 is 10.3 Å². The molecule has 20 heavy (non-hydrogen) atoms. The highest BCUT2D eigenvalue weighted by molar-refractivity contribution is 5.62. The molecule has 2 N–H and O–H groups in total. The largest absolute Gasteiger partial charge is 0.342 e. The minimum atomic E-state index is -0.381. The Labute approximate surface area is 116 Å². The lowest BCUT2D eigenvalue weighted by atomic mass is 9.98. The van der Waals surface area contributed by atoms with Crippen LogP contribution in [0.4, 0.5) is 5.69 Å². The molecule has 1 aliphatic heterocycles. The first-order valence-electron chi connectivity index (χ1n) is 6.74. The van der Waals surface area contributed by atoms with Crippen molar-refractivity contribution in [3.63, 3.8) is 0 Å². The van der Waals surface area contributed by atoms with Crippen molar-refractivity contribution >= 4 is 5.69 Å². The third-order valence-electron chi connectivity index (χ3n) is 3.69. The number of nitro benzene ring substituents is 1. The molecule has 0 saturated carbocycles. The summed E-state index contributed by atoms with van der Waals surface area (Å²) in [6.45, 7) is 2.02. The van der Waals surface area contributed by atoms with E-state index in [2.05, 4.69) is 15.3 Å². The Morgan fingerprint density at radius 1 is 1.30 bits per heavy atom. The van der Waals surface area contributed by atoms with Gasteiger partial charge in [-0.15, -0.1) is 0 Å². The fourth-order valence-electron chi connectivity index (χ4n) is 2.57. The van der Waals surface area contributed by atoms with Gasteiger partial charge in [-0.2, -0.15) is 0 Å². The van der Waals surface area contributed by atoms with E-state index in [0.717, 1.165) is 43.0 Å². The molecule has 1 aromatic carbocycles. The molecule has 0 amide bonds. The number of hydrogen-bond acceptors (Lipinski definition) is 4. The van der Waals surface area contributed by atoms with Gasteiger partial charge >= 0.3 is 0 Å². The maximum atomic E-state index is 10.8. The van der Waals surface area contributed by atoms with E-state index in [-0.39, 0.29) is 10.6 Å². The molecule has 0 unspecified atom stereocenters. The smallest absolute Gasteiger partial charge is 0.270 e. The number of H-pyrrole nitrogens is 1. The van der Waals surface area contributed by atoms with E-state index in [0.29, 0.717) is 5.92 Å². The van der Waals surface area contributed by atoms with E-state index >= 15 is 0 Å². The zero-order chi connectivity index (χ0) is 13.9. The highest BCUT2D eigenvalue weighted by atomic mass is 16.6. The number of benzene rings is 1. The van der Waals surface area contributed by atoms with Crippen LogP contribution in [-0.2, 0) is 0 Å². The number of aromatic amines is 1. The second-order valence-corrected chi connectivity index (χ2v) is 5.01. The van der Waals surface area contributed by atoms with Crippen molar-refractivity contribution in [1.29, 1.82) is 0 Å². The SMILES string of the molecule is O=[N+]([O-])c1cccc(-c2cnc(C3CCNCC3)[nH]2)c1. The second-order valence-electron chi connectivity index (χ2n) is 5.01. The molecule has 0 spiro atoms. The molecule has 1 aromatic heterocycles. The molecule has 6 nitrogen and oxygen atoms in total. The molecule has 1 fully saturated rings. The number of non-ortho nitro benzene ring substituents is 1. The van der Waals surface area contributed by atoms with Crippen LogP contribution in [0.5, 0.6) is 0 Å².